The molecule has 0 atom stereocenters. The van der Waals surface area contributed by atoms with Crippen molar-refractivity contribution in [2.75, 3.05) is 19.7 Å². The Balaban J connectivity index is 3.44. The van der Waals surface area contributed by atoms with Crippen LogP contribution in [0.5, 0.6) is 0 Å². The lowest BCUT2D eigenvalue weighted by Gasteiger charge is -2.05. The van der Waals surface area contributed by atoms with Crippen LogP contribution in [0.15, 0.2) is 0 Å². The van der Waals surface area contributed by atoms with E-state index in [0.29, 0.717) is 13.1 Å². The van der Waals surface area contributed by atoms with E-state index in [1.54, 1.807) is 0 Å². The monoisotopic (exact) mass is 244 g/mol. The quantitative estimate of drug-likeness (QED) is 0.410. The Morgan fingerprint density at radius 2 is 1.41 bits per heavy atom. The number of carbonyl (C=O) groups is 2. The second-order valence-corrected chi connectivity index (χ2v) is 4.00. The molecule has 0 spiro atoms. The van der Waals surface area contributed by atoms with E-state index in [-0.39, 0.29) is 6.61 Å². The number of hydrogen-bond donors (Lipinski definition) is 3. The first kappa shape index (κ1) is 15.9. The SMILES string of the molecule is CCCCCNC(=O)C(=O)NCCCCCO. The van der Waals surface area contributed by atoms with Crippen LogP contribution in [0.1, 0.15) is 45.4 Å². The molecule has 0 aromatic heterocycles. The van der Waals surface area contributed by atoms with Gasteiger partial charge in [0.05, 0.1) is 0 Å². The summed E-state index contributed by atoms with van der Waals surface area (Å²) in [6, 6.07) is 0. The van der Waals surface area contributed by atoms with E-state index < -0.39 is 11.8 Å². The van der Waals surface area contributed by atoms with Crippen molar-refractivity contribution in [1.82, 2.24) is 10.6 Å². The third-order valence-electron chi connectivity index (χ3n) is 2.39. The summed E-state index contributed by atoms with van der Waals surface area (Å²) >= 11 is 0. The van der Waals surface area contributed by atoms with Gasteiger partial charge in [-0.1, -0.05) is 19.8 Å². The Morgan fingerprint density at radius 3 is 1.88 bits per heavy atom. The highest BCUT2D eigenvalue weighted by molar-refractivity contribution is 6.35. The first-order valence-electron chi connectivity index (χ1n) is 6.39. The zero-order valence-corrected chi connectivity index (χ0v) is 10.6. The summed E-state index contributed by atoms with van der Waals surface area (Å²) < 4.78 is 0. The molecule has 0 aromatic carbocycles. The van der Waals surface area contributed by atoms with E-state index in [9.17, 15) is 9.59 Å². The predicted octanol–water partition coefficient (Wildman–Crippen LogP) is 0.572. The van der Waals surface area contributed by atoms with E-state index in [2.05, 4.69) is 17.6 Å². The minimum Gasteiger partial charge on any atom is -0.396 e. The average molecular weight is 244 g/mol. The molecule has 2 amide bonds. The molecule has 17 heavy (non-hydrogen) atoms. The molecule has 0 fully saturated rings. The van der Waals surface area contributed by atoms with Crippen LogP contribution in [0.4, 0.5) is 0 Å². The third kappa shape index (κ3) is 9.81. The number of unbranched alkanes of at least 4 members (excludes halogenated alkanes) is 4. The van der Waals surface area contributed by atoms with Crippen LogP contribution in [0.25, 0.3) is 0 Å². The number of rotatable bonds is 9. The summed E-state index contributed by atoms with van der Waals surface area (Å²) in [6.45, 7) is 3.30. The fourth-order valence-electron chi connectivity index (χ4n) is 1.35. The standard InChI is InChI=1S/C12H24N2O3/c1-2-3-5-8-13-11(16)12(17)14-9-6-4-7-10-15/h15H,2-10H2,1H3,(H,13,16)(H,14,17). The lowest BCUT2D eigenvalue weighted by atomic mass is 10.2. The largest absolute Gasteiger partial charge is 0.396 e. The first-order valence-corrected chi connectivity index (χ1v) is 6.39. The van der Waals surface area contributed by atoms with Crippen molar-refractivity contribution < 1.29 is 14.7 Å². The molecule has 0 radical (unpaired) electrons. The number of hydrogen-bond acceptors (Lipinski definition) is 3. The van der Waals surface area contributed by atoms with Gasteiger partial charge in [0.25, 0.3) is 0 Å². The number of amides is 2. The molecule has 0 aliphatic heterocycles. The van der Waals surface area contributed by atoms with Crippen molar-refractivity contribution in [1.29, 1.82) is 0 Å². The molecule has 5 nitrogen and oxygen atoms in total. The molecule has 5 heteroatoms. The molecule has 3 N–H and O–H groups in total. The first-order chi connectivity index (χ1) is 8.22. The lowest BCUT2D eigenvalue weighted by Crippen LogP contribution is -2.40. The minimum atomic E-state index is -0.564. The van der Waals surface area contributed by atoms with Gasteiger partial charge in [0.1, 0.15) is 0 Å². The molecule has 0 bridgehead atoms. The zero-order chi connectivity index (χ0) is 12.9. The smallest absolute Gasteiger partial charge is 0.309 e. The predicted molar refractivity (Wildman–Crippen MR) is 66.5 cm³/mol. The van der Waals surface area contributed by atoms with Crippen molar-refractivity contribution in [3.05, 3.63) is 0 Å². The van der Waals surface area contributed by atoms with Crippen molar-refractivity contribution in [2.24, 2.45) is 0 Å². The van der Waals surface area contributed by atoms with E-state index in [1.807, 2.05) is 0 Å². The van der Waals surface area contributed by atoms with Gasteiger partial charge in [0, 0.05) is 19.7 Å². The van der Waals surface area contributed by atoms with Gasteiger partial charge in [0.2, 0.25) is 0 Å². The third-order valence-corrected chi connectivity index (χ3v) is 2.39. The molecule has 0 aliphatic rings. The van der Waals surface area contributed by atoms with Gasteiger partial charge in [0.15, 0.2) is 0 Å². The fourth-order valence-corrected chi connectivity index (χ4v) is 1.35. The van der Waals surface area contributed by atoms with Crippen LogP contribution < -0.4 is 10.6 Å². The van der Waals surface area contributed by atoms with Gasteiger partial charge in [-0.3, -0.25) is 9.59 Å². The molecule has 0 rings (SSSR count). The van der Waals surface area contributed by atoms with Crippen LogP contribution in [0.3, 0.4) is 0 Å². The second kappa shape index (κ2) is 11.4. The van der Waals surface area contributed by atoms with Crippen LogP contribution in [0, 0.1) is 0 Å². The maximum atomic E-state index is 11.3. The Morgan fingerprint density at radius 1 is 0.882 bits per heavy atom. The number of aliphatic hydroxyl groups excluding tert-OH is 1. The van der Waals surface area contributed by atoms with Gasteiger partial charge < -0.3 is 15.7 Å². The molecule has 0 aliphatic carbocycles. The Hall–Kier alpha value is -1.10. The minimum absolute atomic E-state index is 0.172. The van der Waals surface area contributed by atoms with Crippen molar-refractivity contribution >= 4 is 11.8 Å². The van der Waals surface area contributed by atoms with E-state index in [0.717, 1.165) is 38.5 Å². The van der Waals surface area contributed by atoms with Gasteiger partial charge in [-0.05, 0) is 25.7 Å². The molecule has 0 aromatic rings. The highest BCUT2D eigenvalue weighted by atomic mass is 16.3. The summed E-state index contributed by atoms with van der Waals surface area (Å²) in [6.07, 6.45) is 5.44. The Kier molecular flexibility index (Phi) is 10.7. The maximum Gasteiger partial charge on any atom is 0.309 e. The van der Waals surface area contributed by atoms with Crippen LogP contribution >= 0.6 is 0 Å². The molecule has 100 valence electrons. The van der Waals surface area contributed by atoms with Crippen LogP contribution in [-0.4, -0.2) is 36.6 Å². The molecule has 0 heterocycles. The molecular formula is C12H24N2O3. The summed E-state index contributed by atoms with van der Waals surface area (Å²) in [5.41, 5.74) is 0. The summed E-state index contributed by atoms with van der Waals surface area (Å²) in [4.78, 5) is 22.5. The summed E-state index contributed by atoms with van der Waals surface area (Å²) in [7, 11) is 0. The van der Waals surface area contributed by atoms with Gasteiger partial charge in [-0.25, -0.2) is 0 Å². The van der Waals surface area contributed by atoms with E-state index >= 15 is 0 Å². The zero-order valence-electron chi connectivity index (χ0n) is 10.6. The van der Waals surface area contributed by atoms with Gasteiger partial charge >= 0.3 is 11.8 Å². The maximum absolute atomic E-state index is 11.3. The lowest BCUT2D eigenvalue weighted by molar-refractivity contribution is -0.139. The van der Waals surface area contributed by atoms with Crippen molar-refractivity contribution in [3.63, 3.8) is 0 Å². The molecule has 0 unspecified atom stereocenters. The molecular weight excluding hydrogens is 220 g/mol. The molecule has 0 saturated heterocycles. The molecule has 0 saturated carbocycles. The number of carbonyl (C=O) groups excluding carboxylic acids is 2. The second-order valence-electron chi connectivity index (χ2n) is 4.00. The Bertz CT molecular complexity index is 220. The highest BCUT2D eigenvalue weighted by Crippen LogP contribution is 1.92. The average Bonchev–Trinajstić information content (AvgIpc) is 2.34. The summed E-state index contributed by atoms with van der Waals surface area (Å²) in [5, 5.41) is 13.7. The normalized spacial score (nSPS) is 10.0. The fraction of sp³-hybridized carbons (Fsp3) is 0.833. The highest BCUT2D eigenvalue weighted by Gasteiger charge is 2.10. The van der Waals surface area contributed by atoms with E-state index in [1.165, 1.54) is 0 Å². The Labute approximate surface area is 103 Å². The van der Waals surface area contributed by atoms with Crippen molar-refractivity contribution in [3.8, 4) is 0 Å². The van der Waals surface area contributed by atoms with Crippen LogP contribution in [-0.2, 0) is 9.59 Å². The van der Waals surface area contributed by atoms with Crippen molar-refractivity contribution in [2.45, 2.75) is 45.4 Å². The number of aliphatic hydroxyl groups is 1. The van der Waals surface area contributed by atoms with E-state index in [4.69, 9.17) is 5.11 Å². The summed E-state index contributed by atoms with van der Waals surface area (Å²) in [5.74, 6) is -1.12. The topological polar surface area (TPSA) is 78.4 Å². The van der Waals surface area contributed by atoms with Crippen LogP contribution in [0.2, 0.25) is 0 Å². The van der Waals surface area contributed by atoms with Gasteiger partial charge in [-0.15, -0.1) is 0 Å². The van der Waals surface area contributed by atoms with Gasteiger partial charge in [-0.2, -0.15) is 0 Å². The number of nitrogens with one attached hydrogen (secondary N) is 2.